The number of carbonyl (C=O) groups excluding carboxylic acids is 2. The van der Waals surface area contributed by atoms with E-state index in [4.69, 9.17) is 0 Å². The standard InChI is InChI=1S/C19H24N4O2/c1-13(14-6-7-14)12-17(24)22-8-10-23(11-9-22)19(25)18-15-4-2-3-5-16(15)20-21-18/h2-5,13-14H,6-12H2,1H3,(H,20,21)/t13-/m1/s1. The molecule has 0 radical (unpaired) electrons. The molecule has 0 unspecified atom stereocenters. The molecule has 2 aromatic rings. The fourth-order valence-corrected chi connectivity index (χ4v) is 3.67. The molecule has 2 aliphatic rings. The molecule has 1 N–H and O–H groups in total. The zero-order chi connectivity index (χ0) is 17.4. The van der Waals surface area contributed by atoms with E-state index in [1.807, 2.05) is 29.2 Å². The molecule has 1 aliphatic heterocycles. The summed E-state index contributed by atoms with van der Waals surface area (Å²) in [5.41, 5.74) is 1.34. The van der Waals surface area contributed by atoms with E-state index in [1.54, 1.807) is 4.90 Å². The second-order valence-electron chi connectivity index (χ2n) is 7.31. The van der Waals surface area contributed by atoms with Crippen LogP contribution < -0.4 is 0 Å². The number of H-pyrrole nitrogens is 1. The number of nitrogens with zero attached hydrogens (tertiary/aromatic N) is 3. The Balaban J connectivity index is 1.36. The van der Waals surface area contributed by atoms with Crippen LogP contribution in [0.25, 0.3) is 10.9 Å². The van der Waals surface area contributed by atoms with Gasteiger partial charge in [-0.3, -0.25) is 14.7 Å². The van der Waals surface area contributed by atoms with E-state index >= 15 is 0 Å². The molecule has 1 saturated heterocycles. The minimum absolute atomic E-state index is 0.0594. The average Bonchev–Trinajstić information content (AvgIpc) is 3.41. The number of amides is 2. The van der Waals surface area contributed by atoms with Crippen LogP contribution in [0.3, 0.4) is 0 Å². The van der Waals surface area contributed by atoms with Crippen molar-refractivity contribution in [2.45, 2.75) is 26.2 Å². The summed E-state index contributed by atoms with van der Waals surface area (Å²) < 4.78 is 0. The van der Waals surface area contributed by atoms with Gasteiger partial charge in [-0.15, -0.1) is 0 Å². The molecule has 2 amide bonds. The van der Waals surface area contributed by atoms with Crippen LogP contribution in [0.5, 0.6) is 0 Å². The maximum Gasteiger partial charge on any atom is 0.275 e. The van der Waals surface area contributed by atoms with Gasteiger partial charge < -0.3 is 9.80 Å². The van der Waals surface area contributed by atoms with Crippen molar-refractivity contribution in [2.75, 3.05) is 26.2 Å². The summed E-state index contributed by atoms with van der Waals surface area (Å²) >= 11 is 0. The Hall–Kier alpha value is -2.37. The van der Waals surface area contributed by atoms with Crippen LogP contribution in [0.1, 0.15) is 36.7 Å². The first-order valence-electron chi connectivity index (χ1n) is 9.13. The minimum Gasteiger partial charge on any atom is -0.339 e. The molecule has 1 atom stereocenters. The zero-order valence-corrected chi connectivity index (χ0v) is 14.6. The van der Waals surface area contributed by atoms with Crippen molar-refractivity contribution in [2.24, 2.45) is 11.8 Å². The van der Waals surface area contributed by atoms with Gasteiger partial charge in [0.25, 0.3) is 5.91 Å². The number of para-hydroxylation sites is 1. The molecular formula is C19H24N4O2. The number of carbonyl (C=O) groups is 2. The van der Waals surface area contributed by atoms with Crippen LogP contribution in [0.2, 0.25) is 0 Å². The molecule has 6 heteroatoms. The van der Waals surface area contributed by atoms with Crippen molar-refractivity contribution in [3.05, 3.63) is 30.0 Å². The monoisotopic (exact) mass is 340 g/mol. The molecule has 6 nitrogen and oxygen atoms in total. The van der Waals surface area contributed by atoms with E-state index in [2.05, 4.69) is 17.1 Å². The molecular weight excluding hydrogens is 316 g/mol. The van der Waals surface area contributed by atoms with Crippen LogP contribution >= 0.6 is 0 Å². The van der Waals surface area contributed by atoms with E-state index in [9.17, 15) is 9.59 Å². The first-order valence-corrected chi connectivity index (χ1v) is 9.13. The molecule has 1 aromatic heterocycles. The highest BCUT2D eigenvalue weighted by molar-refractivity contribution is 6.04. The van der Waals surface area contributed by atoms with E-state index in [-0.39, 0.29) is 11.8 Å². The molecule has 1 aliphatic carbocycles. The second kappa shape index (κ2) is 6.50. The summed E-state index contributed by atoms with van der Waals surface area (Å²) in [6, 6.07) is 7.65. The quantitative estimate of drug-likeness (QED) is 0.928. The lowest BCUT2D eigenvalue weighted by Gasteiger charge is -2.35. The Morgan fingerprint density at radius 1 is 1.16 bits per heavy atom. The van der Waals surface area contributed by atoms with Gasteiger partial charge in [-0.25, -0.2) is 0 Å². The summed E-state index contributed by atoms with van der Waals surface area (Å²) in [6.07, 6.45) is 3.19. The average molecular weight is 340 g/mol. The lowest BCUT2D eigenvalue weighted by Crippen LogP contribution is -2.51. The molecule has 2 heterocycles. The van der Waals surface area contributed by atoms with Crippen LogP contribution in [-0.4, -0.2) is 58.0 Å². The van der Waals surface area contributed by atoms with Gasteiger partial charge in [0.15, 0.2) is 5.69 Å². The maximum absolute atomic E-state index is 12.8. The summed E-state index contributed by atoms with van der Waals surface area (Å²) in [5, 5.41) is 7.96. The SMILES string of the molecule is C[C@H](CC(=O)N1CCN(C(=O)c2n[nH]c3ccccc23)CC1)C1CC1. The van der Waals surface area contributed by atoms with Gasteiger partial charge in [-0.2, -0.15) is 5.10 Å². The summed E-state index contributed by atoms with van der Waals surface area (Å²) in [4.78, 5) is 28.9. The first kappa shape index (κ1) is 16.1. The Morgan fingerprint density at radius 2 is 1.84 bits per heavy atom. The smallest absolute Gasteiger partial charge is 0.275 e. The van der Waals surface area contributed by atoms with Gasteiger partial charge >= 0.3 is 0 Å². The fraction of sp³-hybridized carbons (Fsp3) is 0.526. The van der Waals surface area contributed by atoms with Gasteiger partial charge in [-0.05, 0) is 30.7 Å². The topological polar surface area (TPSA) is 69.3 Å². The molecule has 0 bridgehead atoms. The minimum atomic E-state index is -0.0594. The van der Waals surface area contributed by atoms with E-state index < -0.39 is 0 Å². The lowest BCUT2D eigenvalue weighted by molar-refractivity contribution is -0.133. The predicted molar refractivity (Wildman–Crippen MR) is 95.1 cm³/mol. The maximum atomic E-state index is 12.8. The second-order valence-corrected chi connectivity index (χ2v) is 7.31. The summed E-state index contributed by atoms with van der Waals surface area (Å²) in [5.74, 6) is 1.41. The molecule has 25 heavy (non-hydrogen) atoms. The van der Waals surface area contributed by atoms with Gasteiger partial charge in [0.2, 0.25) is 5.91 Å². The van der Waals surface area contributed by atoms with Crippen molar-refractivity contribution in [1.82, 2.24) is 20.0 Å². The van der Waals surface area contributed by atoms with Gasteiger partial charge in [-0.1, -0.05) is 25.1 Å². The number of rotatable bonds is 4. The molecule has 132 valence electrons. The van der Waals surface area contributed by atoms with Crippen molar-refractivity contribution in [3.8, 4) is 0 Å². The third kappa shape index (κ3) is 3.25. The molecule has 2 fully saturated rings. The number of hydrogen-bond donors (Lipinski definition) is 1. The van der Waals surface area contributed by atoms with Crippen molar-refractivity contribution in [3.63, 3.8) is 0 Å². The van der Waals surface area contributed by atoms with Crippen LogP contribution in [0, 0.1) is 11.8 Å². The number of fused-ring (bicyclic) bond motifs is 1. The Kier molecular flexibility index (Phi) is 4.19. The number of nitrogens with one attached hydrogen (secondary N) is 1. The molecule has 4 rings (SSSR count). The fourth-order valence-electron chi connectivity index (χ4n) is 3.67. The van der Waals surface area contributed by atoms with Crippen molar-refractivity contribution < 1.29 is 9.59 Å². The summed E-state index contributed by atoms with van der Waals surface area (Å²) in [7, 11) is 0. The van der Waals surface area contributed by atoms with E-state index in [0.717, 1.165) is 16.8 Å². The van der Waals surface area contributed by atoms with E-state index in [1.165, 1.54) is 12.8 Å². The van der Waals surface area contributed by atoms with Crippen LogP contribution in [-0.2, 0) is 4.79 Å². The molecule has 1 aromatic carbocycles. The van der Waals surface area contributed by atoms with Crippen LogP contribution in [0.4, 0.5) is 0 Å². The highest BCUT2D eigenvalue weighted by atomic mass is 16.2. The largest absolute Gasteiger partial charge is 0.339 e. The Morgan fingerprint density at radius 3 is 2.56 bits per heavy atom. The number of aromatic nitrogens is 2. The number of aromatic amines is 1. The third-order valence-electron chi connectivity index (χ3n) is 5.52. The zero-order valence-electron chi connectivity index (χ0n) is 14.6. The van der Waals surface area contributed by atoms with Crippen LogP contribution in [0.15, 0.2) is 24.3 Å². The number of benzene rings is 1. The number of hydrogen-bond acceptors (Lipinski definition) is 3. The first-order chi connectivity index (χ1) is 12.1. The van der Waals surface area contributed by atoms with Crippen molar-refractivity contribution in [1.29, 1.82) is 0 Å². The molecule has 0 spiro atoms. The highest BCUT2D eigenvalue weighted by Crippen LogP contribution is 2.38. The third-order valence-corrected chi connectivity index (χ3v) is 5.52. The Bertz CT molecular complexity index is 788. The Labute approximate surface area is 147 Å². The molecule has 1 saturated carbocycles. The highest BCUT2D eigenvalue weighted by Gasteiger charge is 2.32. The lowest BCUT2D eigenvalue weighted by atomic mass is 10.0. The van der Waals surface area contributed by atoms with Gasteiger partial charge in [0, 0.05) is 38.0 Å². The summed E-state index contributed by atoms with van der Waals surface area (Å²) in [6.45, 7) is 4.56. The van der Waals surface area contributed by atoms with Gasteiger partial charge in [0.1, 0.15) is 0 Å². The van der Waals surface area contributed by atoms with Gasteiger partial charge in [0.05, 0.1) is 5.52 Å². The normalized spacial score (nSPS) is 19.2. The number of piperazine rings is 1. The van der Waals surface area contributed by atoms with E-state index in [0.29, 0.717) is 44.2 Å². The van der Waals surface area contributed by atoms with Crippen molar-refractivity contribution >= 4 is 22.7 Å². The predicted octanol–water partition coefficient (Wildman–Crippen LogP) is 2.28.